The first-order valence-electron chi connectivity index (χ1n) is 6.57. The molecule has 0 aromatic heterocycles. The van der Waals surface area contributed by atoms with Gasteiger partial charge in [0, 0.05) is 17.2 Å². The summed E-state index contributed by atoms with van der Waals surface area (Å²) in [6, 6.07) is 7.26. The number of phenolic OH excluding ortho intramolecular Hbond substituents is 2. The molecule has 3 rings (SSSR count). The highest BCUT2D eigenvalue weighted by atomic mass is 16.5. The molecule has 0 saturated heterocycles. The Labute approximate surface area is 125 Å². The summed E-state index contributed by atoms with van der Waals surface area (Å²) in [6.45, 7) is -0.419. The lowest BCUT2D eigenvalue weighted by molar-refractivity contribution is 0.0973. The van der Waals surface area contributed by atoms with Gasteiger partial charge in [0.15, 0.2) is 23.1 Å². The molecule has 0 aliphatic heterocycles. The van der Waals surface area contributed by atoms with Gasteiger partial charge in [-0.2, -0.15) is 0 Å². The van der Waals surface area contributed by atoms with E-state index in [-0.39, 0.29) is 41.2 Å². The Kier molecular flexibility index (Phi) is 3.30. The maximum Gasteiger partial charge on any atom is 0.198 e. The molecule has 1 aliphatic rings. The maximum absolute atomic E-state index is 12.5. The lowest BCUT2D eigenvalue weighted by Crippen LogP contribution is -2.21. The fourth-order valence-electron chi connectivity index (χ4n) is 2.50. The molecule has 6 nitrogen and oxygen atoms in total. The maximum atomic E-state index is 12.5. The number of rotatable bonds is 3. The van der Waals surface area contributed by atoms with Gasteiger partial charge in [0.05, 0.1) is 17.7 Å². The van der Waals surface area contributed by atoms with Crippen molar-refractivity contribution in [2.24, 2.45) is 0 Å². The summed E-state index contributed by atoms with van der Waals surface area (Å²) in [4.78, 5) is 25.0. The molecule has 0 fully saturated rings. The third-order valence-corrected chi connectivity index (χ3v) is 3.46. The Morgan fingerprint density at radius 2 is 1.55 bits per heavy atom. The van der Waals surface area contributed by atoms with Crippen molar-refractivity contribution < 1.29 is 29.6 Å². The molecule has 112 valence electrons. The molecule has 2 aromatic carbocycles. The van der Waals surface area contributed by atoms with Gasteiger partial charge in [0.25, 0.3) is 0 Å². The van der Waals surface area contributed by atoms with E-state index < -0.39 is 23.1 Å². The van der Waals surface area contributed by atoms with Gasteiger partial charge in [-0.05, 0) is 0 Å². The van der Waals surface area contributed by atoms with Crippen molar-refractivity contribution in [3.05, 3.63) is 52.6 Å². The van der Waals surface area contributed by atoms with Gasteiger partial charge in [-0.25, -0.2) is 0 Å². The van der Waals surface area contributed by atoms with Crippen LogP contribution in [-0.4, -0.2) is 40.1 Å². The number of carbonyl (C=O) groups excluding carboxylic acids is 2. The average Bonchev–Trinajstić information content (AvgIpc) is 2.53. The first kappa shape index (κ1) is 14.1. The zero-order chi connectivity index (χ0) is 15.9. The predicted octanol–water partition coefficient (Wildman–Crippen LogP) is 1.24. The smallest absolute Gasteiger partial charge is 0.198 e. The van der Waals surface area contributed by atoms with Crippen molar-refractivity contribution in [3.63, 3.8) is 0 Å². The van der Waals surface area contributed by atoms with Crippen molar-refractivity contribution in [2.75, 3.05) is 13.2 Å². The summed E-state index contributed by atoms with van der Waals surface area (Å²) in [7, 11) is 0. The van der Waals surface area contributed by atoms with Gasteiger partial charge >= 0.3 is 0 Å². The fraction of sp³-hybridized carbons (Fsp3) is 0.125. The largest absolute Gasteiger partial charge is 0.507 e. The summed E-state index contributed by atoms with van der Waals surface area (Å²) >= 11 is 0. The number of hydrogen-bond acceptors (Lipinski definition) is 6. The number of hydrogen-bond donors (Lipinski definition) is 3. The van der Waals surface area contributed by atoms with E-state index in [2.05, 4.69) is 0 Å². The molecular weight excluding hydrogens is 288 g/mol. The van der Waals surface area contributed by atoms with Crippen molar-refractivity contribution in [1.82, 2.24) is 0 Å². The lowest BCUT2D eigenvalue weighted by Gasteiger charge is -2.20. The zero-order valence-corrected chi connectivity index (χ0v) is 11.4. The van der Waals surface area contributed by atoms with Gasteiger partial charge in [-0.1, -0.05) is 24.3 Å². The molecule has 0 amide bonds. The van der Waals surface area contributed by atoms with Crippen molar-refractivity contribution in [3.8, 4) is 17.2 Å². The molecule has 0 spiro atoms. The normalized spacial score (nSPS) is 12.8. The number of aromatic hydroxyl groups is 2. The van der Waals surface area contributed by atoms with Gasteiger partial charge in [0.1, 0.15) is 12.4 Å². The number of benzene rings is 2. The van der Waals surface area contributed by atoms with Crippen LogP contribution in [0.5, 0.6) is 17.2 Å². The van der Waals surface area contributed by atoms with Crippen LogP contribution in [0.15, 0.2) is 30.3 Å². The minimum atomic E-state index is -0.563. The third kappa shape index (κ3) is 1.93. The van der Waals surface area contributed by atoms with Gasteiger partial charge in [-0.3, -0.25) is 9.59 Å². The highest BCUT2D eigenvalue weighted by Gasteiger charge is 2.35. The van der Waals surface area contributed by atoms with E-state index in [4.69, 9.17) is 9.84 Å². The van der Waals surface area contributed by atoms with Gasteiger partial charge < -0.3 is 20.1 Å². The van der Waals surface area contributed by atoms with E-state index in [0.29, 0.717) is 0 Å². The van der Waals surface area contributed by atoms with E-state index >= 15 is 0 Å². The predicted molar refractivity (Wildman–Crippen MR) is 75.7 cm³/mol. The summed E-state index contributed by atoms with van der Waals surface area (Å²) in [5.41, 5.74) is -0.179. The van der Waals surface area contributed by atoms with Crippen LogP contribution in [0.1, 0.15) is 31.8 Å². The van der Waals surface area contributed by atoms with Crippen LogP contribution in [0, 0.1) is 0 Å². The number of ketones is 2. The summed E-state index contributed by atoms with van der Waals surface area (Å²) in [5.74, 6) is -2.23. The third-order valence-electron chi connectivity index (χ3n) is 3.46. The van der Waals surface area contributed by atoms with Crippen molar-refractivity contribution in [2.45, 2.75) is 0 Å². The number of fused-ring (bicyclic) bond motifs is 2. The second-order valence-electron chi connectivity index (χ2n) is 4.77. The van der Waals surface area contributed by atoms with Gasteiger partial charge in [-0.15, -0.1) is 0 Å². The molecule has 0 atom stereocenters. The molecule has 0 bridgehead atoms. The fourth-order valence-corrected chi connectivity index (χ4v) is 2.50. The van der Waals surface area contributed by atoms with Crippen LogP contribution in [0.3, 0.4) is 0 Å². The summed E-state index contributed by atoms with van der Waals surface area (Å²) in [5, 5.41) is 29.0. The summed E-state index contributed by atoms with van der Waals surface area (Å²) < 4.78 is 5.08. The number of ether oxygens (including phenoxy) is 1. The monoisotopic (exact) mass is 300 g/mol. The van der Waals surface area contributed by atoms with E-state index in [1.54, 1.807) is 12.1 Å². The number of phenols is 2. The van der Waals surface area contributed by atoms with E-state index in [1.165, 1.54) is 12.1 Å². The molecule has 0 heterocycles. The Morgan fingerprint density at radius 1 is 0.955 bits per heavy atom. The van der Waals surface area contributed by atoms with E-state index in [9.17, 15) is 19.8 Å². The van der Waals surface area contributed by atoms with Crippen LogP contribution in [0.4, 0.5) is 0 Å². The minimum Gasteiger partial charge on any atom is -0.507 e. The molecule has 0 radical (unpaired) electrons. The minimum absolute atomic E-state index is 0.121. The van der Waals surface area contributed by atoms with Crippen LogP contribution >= 0.6 is 0 Å². The standard InChI is InChI=1S/C16H12O6/c17-5-6-22-11-7-10(18)12-13(16(11)21)15(20)9-4-2-1-3-8(9)14(12)19/h1-4,7,17-18,21H,5-6H2. The quantitative estimate of drug-likeness (QED) is 0.629. The van der Waals surface area contributed by atoms with E-state index in [0.717, 1.165) is 6.07 Å². The highest BCUT2D eigenvalue weighted by Crippen LogP contribution is 2.43. The Balaban J connectivity index is 2.24. The molecule has 1 aliphatic carbocycles. The second-order valence-corrected chi connectivity index (χ2v) is 4.77. The van der Waals surface area contributed by atoms with Crippen LogP contribution in [0.2, 0.25) is 0 Å². The zero-order valence-electron chi connectivity index (χ0n) is 11.4. The Hall–Kier alpha value is -2.86. The number of aliphatic hydroxyl groups excluding tert-OH is 1. The second kappa shape index (κ2) is 5.16. The number of carbonyl (C=O) groups is 2. The van der Waals surface area contributed by atoms with E-state index in [1.807, 2.05) is 0 Å². The number of aliphatic hydroxyl groups is 1. The molecule has 22 heavy (non-hydrogen) atoms. The molecule has 0 unspecified atom stereocenters. The van der Waals surface area contributed by atoms with Crippen LogP contribution in [-0.2, 0) is 0 Å². The lowest BCUT2D eigenvalue weighted by atomic mass is 9.83. The molecule has 2 aromatic rings. The molecular formula is C16H12O6. The topological polar surface area (TPSA) is 104 Å². The molecule has 3 N–H and O–H groups in total. The molecule has 0 saturated carbocycles. The van der Waals surface area contributed by atoms with Crippen molar-refractivity contribution in [1.29, 1.82) is 0 Å². The molecule has 6 heteroatoms. The Bertz CT molecular complexity index is 793. The first-order valence-corrected chi connectivity index (χ1v) is 6.57. The van der Waals surface area contributed by atoms with Crippen LogP contribution < -0.4 is 4.74 Å². The van der Waals surface area contributed by atoms with Crippen molar-refractivity contribution >= 4 is 11.6 Å². The highest BCUT2D eigenvalue weighted by molar-refractivity contribution is 6.30. The first-order chi connectivity index (χ1) is 10.6. The Morgan fingerprint density at radius 3 is 2.14 bits per heavy atom. The average molecular weight is 300 g/mol. The van der Waals surface area contributed by atoms with Gasteiger partial charge in [0.2, 0.25) is 0 Å². The van der Waals surface area contributed by atoms with Crippen LogP contribution in [0.25, 0.3) is 0 Å². The summed E-state index contributed by atoms with van der Waals surface area (Å²) in [6.07, 6.45) is 0. The SMILES string of the molecule is O=C1c2ccccc2C(=O)c2c(O)c(OCCO)cc(O)c21.